The smallest absolute Gasteiger partial charge is 0.229 e. The predicted octanol–water partition coefficient (Wildman–Crippen LogP) is 2.86. The Kier molecular flexibility index (Phi) is 3.59. The van der Waals surface area contributed by atoms with Gasteiger partial charge in [0.2, 0.25) is 5.91 Å². The molecule has 23 heavy (non-hydrogen) atoms. The van der Waals surface area contributed by atoms with Crippen LogP contribution in [-0.2, 0) is 4.79 Å². The number of nitrogens with one attached hydrogen (secondary N) is 1. The fourth-order valence-electron chi connectivity index (χ4n) is 3.72. The largest absolute Gasteiger partial charge is 0.352 e. The van der Waals surface area contributed by atoms with Gasteiger partial charge in [0.1, 0.15) is 0 Å². The quantitative estimate of drug-likeness (QED) is 0.823. The second-order valence-electron chi connectivity index (χ2n) is 6.28. The Bertz CT molecular complexity index is 771. The highest BCUT2D eigenvalue weighted by atomic mass is 16.2. The number of hydrogen-bond acceptors (Lipinski definition) is 2. The maximum Gasteiger partial charge on any atom is 0.229 e. The molecule has 0 spiro atoms. The minimum Gasteiger partial charge on any atom is -0.352 e. The number of fused-ring (bicyclic) bond motifs is 1. The van der Waals surface area contributed by atoms with Gasteiger partial charge < -0.3 is 5.32 Å². The van der Waals surface area contributed by atoms with Crippen LogP contribution in [0.15, 0.2) is 48.7 Å². The van der Waals surface area contributed by atoms with Crippen molar-refractivity contribution in [1.29, 1.82) is 0 Å². The average Bonchev–Trinajstić information content (AvgIpc) is 3.14. The highest BCUT2D eigenvalue weighted by Crippen LogP contribution is 2.41. The lowest BCUT2D eigenvalue weighted by atomic mass is 9.89. The lowest BCUT2D eigenvalue weighted by Gasteiger charge is -2.14. The van der Waals surface area contributed by atoms with Gasteiger partial charge in [-0.3, -0.25) is 9.78 Å². The third kappa shape index (κ3) is 2.73. The topological polar surface area (TPSA) is 42.0 Å². The molecule has 2 aliphatic rings. The van der Waals surface area contributed by atoms with Crippen molar-refractivity contribution in [2.75, 3.05) is 0 Å². The molecule has 1 saturated carbocycles. The second-order valence-corrected chi connectivity index (χ2v) is 6.28. The number of benzene rings is 1. The zero-order chi connectivity index (χ0) is 15.6. The number of aromatic nitrogens is 1. The van der Waals surface area contributed by atoms with Gasteiger partial charge in [-0.05, 0) is 43.0 Å². The number of hydrogen-bond donors (Lipinski definition) is 1. The van der Waals surface area contributed by atoms with Crippen molar-refractivity contribution in [1.82, 2.24) is 10.3 Å². The number of carbonyl (C=O) groups is 1. The summed E-state index contributed by atoms with van der Waals surface area (Å²) in [5, 5.41) is 3.12. The molecular weight excluding hydrogens is 284 g/mol. The summed E-state index contributed by atoms with van der Waals surface area (Å²) in [5.74, 6) is 6.71. The van der Waals surface area contributed by atoms with Crippen molar-refractivity contribution in [3.8, 4) is 11.8 Å². The number of nitrogens with zero attached hydrogens (tertiary/aromatic N) is 1. The second kappa shape index (κ2) is 5.89. The summed E-state index contributed by atoms with van der Waals surface area (Å²) in [6.45, 7) is 0. The van der Waals surface area contributed by atoms with Crippen LogP contribution in [0.25, 0.3) is 0 Å². The monoisotopic (exact) mass is 302 g/mol. The molecule has 1 aliphatic heterocycles. The molecule has 2 heterocycles. The molecule has 3 nitrogen and oxygen atoms in total. The first-order chi connectivity index (χ1) is 11.3. The van der Waals surface area contributed by atoms with Crippen molar-refractivity contribution >= 4 is 5.91 Å². The van der Waals surface area contributed by atoms with E-state index in [9.17, 15) is 4.79 Å². The van der Waals surface area contributed by atoms with E-state index >= 15 is 0 Å². The van der Waals surface area contributed by atoms with Crippen molar-refractivity contribution in [2.45, 2.75) is 31.2 Å². The van der Waals surface area contributed by atoms with Crippen LogP contribution in [0.2, 0.25) is 0 Å². The van der Waals surface area contributed by atoms with Crippen LogP contribution in [0, 0.1) is 17.8 Å². The molecule has 3 heteroatoms. The van der Waals surface area contributed by atoms with E-state index in [-0.39, 0.29) is 11.8 Å². The molecule has 1 amide bonds. The third-order valence-corrected chi connectivity index (χ3v) is 4.84. The Morgan fingerprint density at radius 3 is 2.61 bits per heavy atom. The van der Waals surface area contributed by atoms with Gasteiger partial charge >= 0.3 is 0 Å². The van der Waals surface area contributed by atoms with E-state index in [1.807, 2.05) is 42.5 Å². The molecule has 114 valence electrons. The highest BCUT2D eigenvalue weighted by molar-refractivity contribution is 5.86. The molecule has 1 aliphatic carbocycles. The minimum atomic E-state index is -0.0846. The van der Waals surface area contributed by atoms with E-state index in [0.717, 1.165) is 29.7 Å². The van der Waals surface area contributed by atoms with E-state index in [1.54, 1.807) is 6.20 Å². The van der Waals surface area contributed by atoms with Crippen LogP contribution < -0.4 is 5.32 Å². The summed E-state index contributed by atoms with van der Waals surface area (Å²) >= 11 is 0. The first-order valence-corrected chi connectivity index (χ1v) is 8.15. The lowest BCUT2D eigenvalue weighted by molar-refractivity contribution is -0.121. The first kappa shape index (κ1) is 14.0. The summed E-state index contributed by atoms with van der Waals surface area (Å²) in [7, 11) is 0. The summed E-state index contributed by atoms with van der Waals surface area (Å²) in [6.07, 6.45) is 5.20. The molecule has 1 aromatic heterocycles. The normalized spacial score (nSPS) is 25.4. The van der Waals surface area contributed by atoms with Crippen LogP contribution in [0.5, 0.6) is 0 Å². The van der Waals surface area contributed by atoms with Crippen LogP contribution >= 0.6 is 0 Å². The number of amides is 1. The molecule has 1 saturated heterocycles. The van der Waals surface area contributed by atoms with Gasteiger partial charge in [0, 0.05) is 23.4 Å². The average molecular weight is 302 g/mol. The van der Waals surface area contributed by atoms with E-state index in [2.05, 4.69) is 22.1 Å². The molecular formula is C20H18N2O. The Labute approximate surface area is 136 Å². The van der Waals surface area contributed by atoms with Crippen LogP contribution in [0.1, 0.15) is 42.0 Å². The summed E-state index contributed by atoms with van der Waals surface area (Å²) < 4.78 is 0. The number of rotatable bonds is 1. The molecule has 1 aromatic carbocycles. The van der Waals surface area contributed by atoms with Crippen molar-refractivity contribution < 1.29 is 4.79 Å². The van der Waals surface area contributed by atoms with Crippen LogP contribution in [0.4, 0.5) is 0 Å². The Morgan fingerprint density at radius 1 is 1.00 bits per heavy atom. The molecule has 0 bridgehead atoms. The van der Waals surface area contributed by atoms with Gasteiger partial charge in [0.15, 0.2) is 0 Å². The molecule has 3 atom stereocenters. The van der Waals surface area contributed by atoms with E-state index in [1.165, 1.54) is 6.42 Å². The maximum atomic E-state index is 12.2. The Balaban J connectivity index is 1.55. The molecule has 2 aromatic rings. The summed E-state index contributed by atoms with van der Waals surface area (Å²) in [6, 6.07) is 14.2. The highest BCUT2D eigenvalue weighted by Gasteiger charge is 2.45. The van der Waals surface area contributed by atoms with Gasteiger partial charge in [0.05, 0.1) is 11.6 Å². The zero-order valence-electron chi connectivity index (χ0n) is 12.8. The minimum absolute atomic E-state index is 0.0846. The van der Waals surface area contributed by atoms with Gasteiger partial charge in [0.25, 0.3) is 0 Å². The van der Waals surface area contributed by atoms with Gasteiger partial charge in [-0.25, -0.2) is 0 Å². The molecule has 3 unspecified atom stereocenters. The van der Waals surface area contributed by atoms with Crippen molar-refractivity contribution in [3.05, 3.63) is 65.5 Å². The SMILES string of the molecule is O=C1NC2CCCC2C1c1ccc(C#Cc2ccccc2)cn1. The fraction of sp³-hybridized carbons (Fsp3) is 0.300. The predicted molar refractivity (Wildman–Crippen MR) is 88.7 cm³/mol. The molecule has 2 fully saturated rings. The number of carbonyl (C=O) groups excluding carboxylic acids is 1. The first-order valence-electron chi connectivity index (χ1n) is 8.15. The molecule has 0 radical (unpaired) electrons. The van der Waals surface area contributed by atoms with E-state index in [0.29, 0.717) is 12.0 Å². The zero-order valence-corrected chi connectivity index (χ0v) is 12.8. The standard InChI is InChI=1S/C20H18N2O/c23-20-19(16-7-4-8-17(16)22-20)18-12-11-15(13-21-18)10-9-14-5-2-1-3-6-14/h1-3,5-6,11-13,16-17,19H,4,7-8H2,(H,22,23). The van der Waals surface area contributed by atoms with Gasteiger partial charge in [-0.15, -0.1) is 0 Å². The van der Waals surface area contributed by atoms with Gasteiger partial charge in [-0.2, -0.15) is 0 Å². The van der Waals surface area contributed by atoms with Crippen molar-refractivity contribution in [2.24, 2.45) is 5.92 Å². The van der Waals surface area contributed by atoms with Crippen LogP contribution in [0.3, 0.4) is 0 Å². The fourth-order valence-corrected chi connectivity index (χ4v) is 3.72. The Hall–Kier alpha value is -2.60. The third-order valence-electron chi connectivity index (χ3n) is 4.84. The number of pyridine rings is 1. The van der Waals surface area contributed by atoms with E-state index < -0.39 is 0 Å². The molecule has 4 rings (SSSR count). The lowest BCUT2D eigenvalue weighted by Crippen LogP contribution is -2.25. The van der Waals surface area contributed by atoms with E-state index in [4.69, 9.17) is 0 Å². The summed E-state index contributed by atoms with van der Waals surface area (Å²) in [4.78, 5) is 16.7. The van der Waals surface area contributed by atoms with Gasteiger partial charge in [-0.1, -0.05) is 36.5 Å². The van der Waals surface area contributed by atoms with Crippen molar-refractivity contribution in [3.63, 3.8) is 0 Å². The van der Waals surface area contributed by atoms with Crippen LogP contribution in [-0.4, -0.2) is 16.9 Å². The Morgan fingerprint density at radius 2 is 1.83 bits per heavy atom. The summed E-state index contributed by atoms with van der Waals surface area (Å²) in [5.41, 5.74) is 2.74. The maximum absolute atomic E-state index is 12.2. The molecule has 1 N–H and O–H groups in total.